The first-order valence-corrected chi connectivity index (χ1v) is 9.71. The fourth-order valence-corrected chi connectivity index (χ4v) is 3.97. The van der Waals surface area contributed by atoms with Crippen molar-refractivity contribution in [2.45, 2.75) is 25.1 Å². The predicted octanol–water partition coefficient (Wildman–Crippen LogP) is 2.77. The number of nitrogens with zero attached hydrogens (tertiary/aromatic N) is 2. The zero-order valence-corrected chi connectivity index (χ0v) is 14.4. The van der Waals surface area contributed by atoms with Crippen LogP contribution < -0.4 is 9.62 Å². The molecule has 0 amide bonds. The van der Waals surface area contributed by atoms with Crippen LogP contribution in [-0.4, -0.2) is 38.8 Å². The first-order valence-electron chi connectivity index (χ1n) is 7.82. The third-order valence-corrected chi connectivity index (χ3v) is 5.02. The average Bonchev–Trinajstić information content (AvgIpc) is 2.52. The Labute approximate surface area is 143 Å². The number of rotatable bonds is 3. The smallest absolute Gasteiger partial charge is 0.371 e. The van der Waals surface area contributed by atoms with Crippen molar-refractivity contribution in [1.82, 2.24) is 9.71 Å². The number of hydrogen-bond donors (Lipinski definition) is 1. The number of pyridine rings is 1. The largest absolute Gasteiger partial charge is 0.416 e. The van der Waals surface area contributed by atoms with E-state index in [0.29, 0.717) is 36.8 Å². The van der Waals surface area contributed by atoms with Crippen molar-refractivity contribution in [3.63, 3.8) is 0 Å². The molecule has 1 aliphatic heterocycles. The lowest BCUT2D eigenvalue weighted by Crippen LogP contribution is -2.44. The van der Waals surface area contributed by atoms with Crippen LogP contribution in [0.1, 0.15) is 18.4 Å². The Bertz CT molecular complexity index is 876. The third kappa shape index (κ3) is 4.21. The maximum absolute atomic E-state index is 12.9. The van der Waals surface area contributed by atoms with Gasteiger partial charge in [0.05, 0.1) is 17.3 Å². The summed E-state index contributed by atoms with van der Waals surface area (Å²) < 4.78 is 63.8. The molecule has 0 aliphatic carbocycles. The van der Waals surface area contributed by atoms with Crippen LogP contribution in [0.2, 0.25) is 0 Å². The summed E-state index contributed by atoms with van der Waals surface area (Å²) in [5.74, 6) is 0. The summed E-state index contributed by atoms with van der Waals surface area (Å²) in [7, 11) is -3.24. The van der Waals surface area contributed by atoms with Gasteiger partial charge in [-0.15, -0.1) is 0 Å². The molecule has 5 nitrogen and oxygen atoms in total. The molecule has 1 N–H and O–H groups in total. The van der Waals surface area contributed by atoms with Gasteiger partial charge in [-0.3, -0.25) is 4.98 Å². The number of nitrogens with one attached hydrogen (secondary N) is 1. The van der Waals surface area contributed by atoms with Crippen LogP contribution in [0.15, 0.2) is 30.5 Å². The standard InChI is InChI=1S/C16H18F3N3O2S/c1-25(23,24)21-12-5-8-22(9-6-12)15-4-7-20-14-10-11(16(17,18)19)2-3-13(14)15/h2-4,7,10,12,21H,5-6,8-9H2,1H3. The molecular weight excluding hydrogens is 355 g/mol. The van der Waals surface area contributed by atoms with Crippen molar-refractivity contribution in [2.24, 2.45) is 0 Å². The minimum absolute atomic E-state index is 0.115. The van der Waals surface area contributed by atoms with Crippen LogP contribution in [0.5, 0.6) is 0 Å². The van der Waals surface area contributed by atoms with E-state index in [1.807, 2.05) is 0 Å². The van der Waals surface area contributed by atoms with E-state index in [-0.39, 0.29) is 6.04 Å². The summed E-state index contributed by atoms with van der Waals surface area (Å²) in [6, 6.07) is 5.22. The van der Waals surface area contributed by atoms with E-state index in [9.17, 15) is 21.6 Å². The van der Waals surface area contributed by atoms with Crippen molar-refractivity contribution in [2.75, 3.05) is 24.2 Å². The number of anilines is 1. The average molecular weight is 373 g/mol. The first-order chi connectivity index (χ1) is 11.6. The number of piperidine rings is 1. The monoisotopic (exact) mass is 373 g/mol. The molecule has 1 aromatic carbocycles. The zero-order valence-electron chi connectivity index (χ0n) is 13.5. The second-order valence-electron chi connectivity index (χ2n) is 6.21. The molecule has 25 heavy (non-hydrogen) atoms. The Hall–Kier alpha value is -1.87. The van der Waals surface area contributed by atoms with E-state index in [1.165, 1.54) is 12.3 Å². The molecule has 0 saturated carbocycles. The van der Waals surface area contributed by atoms with Crippen LogP contribution in [0.3, 0.4) is 0 Å². The molecule has 0 bridgehead atoms. The third-order valence-electron chi connectivity index (χ3n) is 4.26. The molecule has 1 fully saturated rings. The summed E-state index contributed by atoms with van der Waals surface area (Å²) in [6.45, 7) is 1.24. The van der Waals surface area contributed by atoms with Gasteiger partial charge in [0.25, 0.3) is 0 Å². The van der Waals surface area contributed by atoms with Gasteiger partial charge in [-0.05, 0) is 31.0 Å². The Morgan fingerprint density at radius 1 is 1.20 bits per heavy atom. The minimum atomic E-state index is -4.40. The molecule has 1 saturated heterocycles. The summed E-state index contributed by atoms with van der Waals surface area (Å²) >= 11 is 0. The van der Waals surface area contributed by atoms with Crippen LogP contribution in [0, 0.1) is 0 Å². The van der Waals surface area contributed by atoms with E-state index in [4.69, 9.17) is 0 Å². The summed E-state index contributed by atoms with van der Waals surface area (Å²) in [4.78, 5) is 6.11. The lowest BCUT2D eigenvalue weighted by atomic mass is 10.0. The van der Waals surface area contributed by atoms with Gasteiger partial charge < -0.3 is 4.90 Å². The number of alkyl halides is 3. The van der Waals surface area contributed by atoms with Gasteiger partial charge in [-0.2, -0.15) is 13.2 Å². The SMILES string of the molecule is CS(=O)(=O)NC1CCN(c2ccnc3cc(C(F)(F)F)ccc23)CC1. The number of hydrogen-bond acceptors (Lipinski definition) is 4. The number of sulfonamides is 1. The molecule has 0 atom stereocenters. The fourth-order valence-electron chi connectivity index (χ4n) is 3.13. The van der Waals surface area contributed by atoms with Crippen LogP contribution in [0.25, 0.3) is 10.9 Å². The molecule has 9 heteroatoms. The van der Waals surface area contributed by atoms with Crippen LogP contribution >= 0.6 is 0 Å². The second kappa shape index (κ2) is 6.45. The normalized spacial score (nSPS) is 17.2. The fraction of sp³-hybridized carbons (Fsp3) is 0.438. The maximum Gasteiger partial charge on any atom is 0.416 e. The highest BCUT2D eigenvalue weighted by atomic mass is 32.2. The molecule has 0 unspecified atom stereocenters. The molecule has 0 radical (unpaired) electrons. The Morgan fingerprint density at radius 3 is 2.48 bits per heavy atom. The Kier molecular flexibility index (Phi) is 4.63. The summed E-state index contributed by atoms with van der Waals surface area (Å²) in [6.07, 6.45) is -0.497. The highest BCUT2D eigenvalue weighted by Crippen LogP contribution is 2.34. The van der Waals surface area contributed by atoms with Gasteiger partial charge in [-0.25, -0.2) is 13.1 Å². The summed E-state index contributed by atoms with van der Waals surface area (Å²) in [5, 5.41) is 0.657. The minimum Gasteiger partial charge on any atom is -0.371 e. The van der Waals surface area contributed by atoms with Crippen LogP contribution in [0.4, 0.5) is 18.9 Å². The lowest BCUT2D eigenvalue weighted by molar-refractivity contribution is -0.137. The van der Waals surface area contributed by atoms with E-state index in [0.717, 1.165) is 24.1 Å². The maximum atomic E-state index is 12.9. The van der Waals surface area contributed by atoms with Gasteiger partial charge >= 0.3 is 6.18 Å². The van der Waals surface area contributed by atoms with Crippen molar-refractivity contribution >= 4 is 26.6 Å². The Morgan fingerprint density at radius 2 is 1.88 bits per heavy atom. The van der Waals surface area contributed by atoms with E-state index in [1.54, 1.807) is 6.07 Å². The quantitative estimate of drug-likeness (QED) is 0.899. The van der Waals surface area contributed by atoms with E-state index >= 15 is 0 Å². The summed E-state index contributed by atoms with van der Waals surface area (Å²) in [5.41, 5.74) is 0.390. The van der Waals surface area contributed by atoms with Gasteiger partial charge in [0, 0.05) is 36.4 Å². The first kappa shape index (κ1) is 17.9. The molecule has 136 valence electrons. The number of aromatic nitrogens is 1. The topological polar surface area (TPSA) is 62.3 Å². The highest BCUT2D eigenvalue weighted by Gasteiger charge is 2.31. The van der Waals surface area contributed by atoms with Crippen molar-refractivity contribution in [3.05, 3.63) is 36.0 Å². The Balaban J connectivity index is 1.83. The lowest BCUT2D eigenvalue weighted by Gasteiger charge is -2.34. The van der Waals surface area contributed by atoms with Gasteiger partial charge in [0.2, 0.25) is 10.0 Å². The van der Waals surface area contributed by atoms with Gasteiger partial charge in [0.15, 0.2) is 0 Å². The molecule has 2 aromatic rings. The van der Waals surface area contributed by atoms with Crippen molar-refractivity contribution < 1.29 is 21.6 Å². The highest BCUT2D eigenvalue weighted by molar-refractivity contribution is 7.88. The van der Waals surface area contributed by atoms with Crippen LogP contribution in [-0.2, 0) is 16.2 Å². The van der Waals surface area contributed by atoms with Crippen molar-refractivity contribution in [3.8, 4) is 0 Å². The predicted molar refractivity (Wildman–Crippen MR) is 90.0 cm³/mol. The molecule has 3 rings (SSSR count). The number of fused-ring (bicyclic) bond motifs is 1. The molecule has 0 spiro atoms. The van der Waals surface area contributed by atoms with E-state index in [2.05, 4.69) is 14.6 Å². The molecular formula is C16H18F3N3O2S. The molecule has 1 aliphatic rings. The second-order valence-corrected chi connectivity index (χ2v) is 7.99. The van der Waals surface area contributed by atoms with Gasteiger partial charge in [0.1, 0.15) is 0 Å². The van der Waals surface area contributed by atoms with Gasteiger partial charge in [-0.1, -0.05) is 6.07 Å². The van der Waals surface area contributed by atoms with Crippen molar-refractivity contribution in [1.29, 1.82) is 0 Å². The molecule has 2 heterocycles. The molecule has 1 aromatic heterocycles. The number of halogens is 3. The zero-order chi connectivity index (χ0) is 18.2. The number of benzene rings is 1. The van der Waals surface area contributed by atoms with E-state index < -0.39 is 21.8 Å².